The van der Waals surface area contributed by atoms with Gasteiger partial charge in [0.15, 0.2) is 0 Å². The first-order valence-electron chi connectivity index (χ1n) is 7.58. The van der Waals surface area contributed by atoms with Crippen LogP contribution in [0.4, 0.5) is 5.00 Å². The molecule has 0 unspecified atom stereocenters. The van der Waals surface area contributed by atoms with Gasteiger partial charge in [-0.25, -0.2) is 0 Å². The summed E-state index contributed by atoms with van der Waals surface area (Å²) in [5.41, 5.74) is -0.0930. The van der Waals surface area contributed by atoms with Crippen LogP contribution in [0.5, 0.6) is 0 Å². The van der Waals surface area contributed by atoms with Gasteiger partial charge in [0, 0.05) is 22.9 Å². The molecule has 2 N–H and O–H groups in total. The van der Waals surface area contributed by atoms with E-state index in [1.165, 1.54) is 16.2 Å². The minimum atomic E-state index is -0.544. The number of amides is 3. The number of hydrogen-bond acceptors (Lipinski definition) is 4. The SMILES string of the molecule is Cc1cc(C(=O)N2CC(=O)N[C@H](C)C2)c(NC(=O)C(C)(C)C)s1. The normalized spacial score (nSPS) is 18.6. The summed E-state index contributed by atoms with van der Waals surface area (Å²) in [5.74, 6) is -0.525. The van der Waals surface area contributed by atoms with Gasteiger partial charge in [0.05, 0.1) is 12.1 Å². The van der Waals surface area contributed by atoms with E-state index in [1.54, 1.807) is 6.07 Å². The van der Waals surface area contributed by atoms with Crippen LogP contribution in [0.3, 0.4) is 0 Å². The number of carbonyl (C=O) groups is 3. The van der Waals surface area contributed by atoms with E-state index in [0.717, 1.165) is 4.88 Å². The number of aryl methyl sites for hydroxylation is 1. The van der Waals surface area contributed by atoms with Crippen molar-refractivity contribution < 1.29 is 14.4 Å². The average molecular weight is 337 g/mol. The Morgan fingerprint density at radius 2 is 2.04 bits per heavy atom. The Hall–Kier alpha value is -1.89. The Morgan fingerprint density at radius 1 is 1.39 bits per heavy atom. The molecule has 1 aliphatic heterocycles. The lowest BCUT2D eigenvalue weighted by molar-refractivity contribution is -0.124. The van der Waals surface area contributed by atoms with Crippen molar-refractivity contribution in [2.24, 2.45) is 5.41 Å². The zero-order chi connectivity index (χ0) is 17.4. The van der Waals surface area contributed by atoms with E-state index >= 15 is 0 Å². The molecular weight excluding hydrogens is 314 g/mol. The lowest BCUT2D eigenvalue weighted by Gasteiger charge is -2.31. The highest BCUT2D eigenvalue weighted by Gasteiger charge is 2.30. The third-order valence-electron chi connectivity index (χ3n) is 3.52. The molecule has 0 aliphatic carbocycles. The molecule has 126 valence electrons. The highest BCUT2D eigenvalue weighted by Crippen LogP contribution is 2.30. The van der Waals surface area contributed by atoms with Gasteiger partial charge in [0.1, 0.15) is 5.00 Å². The Balaban J connectivity index is 2.24. The van der Waals surface area contributed by atoms with Gasteiger partial charge in [-0.1, -0.05) is 20.8 Å². The van der Waals surface area contributed by atoms with Crippen LogP contribution >= 0.6 is 11.3 Å². The Morgan fingerprint density at radius 3 is 2.61 bits per heavy atom. The van der Waals surface area contributed by atoms with Crippen molar-refractivity contribution in [3.63, 3.8) is 0 Å². The summed E-state index contributed by atoms with van der Waals surface area (Å²) >= 11 is 1.37. The second kappa shape index (κ2) is 6.31. The molecule has 0 radical (unpaired) electrons. The molecule has 1 aromatic heterocycles. The minimum Gasteiger partial charge on any atom is -0.350 e. The average Bonchev–Trinajstić information content (AvgIpc) is 2.76. The van der Waals surface area contributed by atoms with E-state index in [-0.39, 0.29) is 30.3 Å². The molecule has 1 aromatic rings. The van der Waals surface area contributed by atoms with Crippen molar-refractivity contribution in [2.75, 3.05) is 18.4 Å². The lowest BCUT2D eigenvalue weighted by atomic mass is 9.96. The van der Waals surface area contributed by atoms with Crippen LogP contribution in [-0.2, 0) is 9.59 Å². The number of anilines is 1. The second-order valence-electron chi connectivity index (χ2n) is 6.96. The summed E-state index contributed by atoms with van der Waals surface area (Å²) in [6.45, 7) is 9.72. The van der Waals surface area contributed by atoms with Gasteiger partial charge >= 0.3 is 0 Å². The summed E-state index contributed by atoms with van der Waals surface area (Å²) in [6.07, 6.45) is 0. The maximum absolute atomic E-state index is 12.8. The van der Waals surface area contributed by atoms with Gasteiger partial charge in [-0.2, -0.15) is 0 Å². The van der Waals surface area contributed by atoms with E-state index in [0.29, 0.717) is 17.1 Å². The quantitative estimate of drug-likeness (QED) is 0.866. The van der Waals surface area contributed by atoms with Crippen molar-refractivity contribution in [3.8, 4) is 0 Å². The molecule has 1 aliphatic rings. The molecule has 0 spiro atoms. The van der Waals surface area contributed by atoms with E-state index in [2.05, 4.69) is 10.6 Å². The molecule has 23 heavy (non-hydrogen) atoms. The van der Waals surface area contributed by atoms with Gasteiger partial charge < -0.3 is 15.5 Å². The number of thiophene rings is 1. The Labute approximate surface area is 140 Å². The lowest BCUT2D eigenvalue weighted by Crippen LogP contribution is -2.54. The van der Waals surface area contributed by atoms with Gasteiger partial charge in [-0.3, -0.25) is 14.4 Å². The van der Waals surface area contributed by atoms with E-state index < -0.39 is 5.41 Å². The first kappa shape index (κ1) is 17.5. The van der Waals surface area contributed by atoms with Crippen LogP contribution in [0.15, 0.2) is 6.07 Å². The fourth-order valence-corrected chi connectivity index (χ4v) is 3.21. The number of carbonyl (C=O) groups excluding carboxylic acids is 3. The minimum absolute atomic E-state index is 0.0464. The van der Waals surface area contributed by atoms with Gasteiger partial charge in [-0.15, -0.1) is 11.3 Å². The predicted molar refractivity (Wildman–Crippen MR) is 90.6 cm³/mol. The second-order valence-corrected chi connectivity index (χ2v) is 8.21. The van der Waals surface area contributed by atoms with Crippen molar-refractivity contribution in [2.45, 2.75) is 40.7 Å². The van der Waals surface area contributed by atoms with Crippen LogP contribution in [0.2, 0.25) is 0 Å². The number of hydrogen-bond donors (Lipinski definition) is 2. The van der Waals surface area contributed by atoms with Crippen molar-refractivity contribution in [3.05, 3.63) is 16.5 Å². The largest absolute Gasteiger partial charge is 0.350 e. The Kier molecular flexibility index (Phi) is 4.79. The van der Waals surface area contributed by atoms with Gasteiger partial charge in [0.2, 0.25) is 11.8 Å². The summed E-state index contributed by atoms with van der Waals surface area (Å²) in [4.78, 5) is 39.1. The van der Waals surface area contributed by atoms with Gasteiger partial charge in [-0.05, 0) is 19.9 Å². The smallest absolute Gasteiger partial charge is 0.257 e. The van der Waals surface area contributed by atoms with E-state index in [4.69, 9.17) is 0 Å². The first-order chi connectivity index (χ1) is 10.6. The molecule has 0 aromatic carbocycles. The summed E-state index contributed by atoms with van der Waals surface area (Å²) in [5, 5.41) is 6.18. The molecule has 0 bridgehead atoms. The van der Waals surface area contributed by atoms with Crippen LogP contribution in [0.25, 0.3) is 0 Å². The zero-order valence-corrected chi connectivity index (χ0v) is 15.0. The third-order valence-corrected chi connectivity index (χ3v) is 4.48. The fourth-order valence-electron chi connectivity index (χ4n) is 2.32. The highest BCUT2D eigenvalue weighted by atomic mass is 32.1. The third kappa shape index (κ3) is 4.10. The summed E-state index contributed by atoms with van der Waals surface area (Å²) in [7, 11) is 0. The number of nitrogens with one attached hydrogen (secondary N) is 2. The van der Waals surface area contributed by atoms with E-state index in [9.17, 15) is 14.4 Å². The van der Waals surface area contributed by atoms with Crippen LogP contribution < -0.4 is 10.6 Å². The number of piperazine rings is 1. The van der Waals surface area contributed by atoms with Crippen molar-refractivity contribution in [1.29, 1.82) is 0 Å². The maximum Gasteiger partial charge on any atom is 0.257 e. The molecule has 7 heteroatoms. The maximum atomic E-state index is 12.8. The topological polar surface area (TPSA) is 78.5 Å². The molecule has 1 saturated heterocycles. The standard InChI is InChI=1S/C16H23N3O3S/c1-9-7-19(8-12(20)17-9)14(21)11-6-10(2)23-13(11)18-15(22)16(3,4)5/h6,9H,7-8H2,1-5H3,(H,17,20)(H,18,22)/t9-/m1/s1. The molecule has 0 saturated carbocycles. The monoisotopic (exact) mass is 337 g/mol. The van der Waals surface area contributed by atoms with Gasteiger partial charge in [0.25, 0.3) is 5.91 Å². The zero-order valence-electron chi connectivity index (χ0n) is 14.1. The Bertz CT molecular complexity index is 645. The van der Waals surface area contributed by atoms with Crippen molar-refractivity contribution >= 4 is 34.1 Å². The molecule has 1 fully saturated rings. The highest BCUT2D eigenvalue weighted by molar-refractivity contribution is 7.16. The molecular formula is C16H23N3O3S. The molecule has 2 rings (SSSR count). The van der Waals surface area contributed by atoms with Crippen LogP contribution in [0, 0.1) is 12.3 Å². The number of rotatable bonds is 2. The predicted octanol–water partition coefficient (Wildman–Crippen LogP) is 2.00. The van der Waals surface area contributed by atoms with E-state index in [1.807, 2.05) is 34.6 Å². The number of nitrogens with zero attached hydrogens (tertiary/aromatic N) is 1. The van der Waals surface area contributed by atoms with Crippen LogP contribution in [-0.4, -0.2) is 41.8 Å². The molecule has 2 heterocycles. The molecule has 3 amide bonds. The molecule has 6 nitrogen and oxygen atoms in total. The van der Waals surface area contributed by atoms with Crippen molar-refractivity contribution in [1.82, 2.24) is 10.2 Å². The molecule has 1 atom stereocenters. The fraction of sp³-hybridized carbons (Fsp3) is 0.562. The summed E-state index contributed by atoms with van der Waals surface area (Å²) < 4.78 is 0. The first-order valence-corrected chi connectivity index (χ1v) is 8.40. The van der Waals surface area contributed by atoms with Crippen LogP contribution in [0.1, 0.15) is 42.9 Å². The summed E-state index contributed by atoms with van der Waals surface area (Å²) in [6, 6.07) is 1.69.